The molecule has 1 N–H and O–H groups in total. The van der Waals surface area contributed by atoms with Crippen LogP contribution in [0.3, 0.4) is 0 Å². The summed E-state index contributed by atoms with van der Waals surface area (Å²) in [7, 11) is 0. The van der Waals surface area contributed by atoms with Crippen molar-refractivity contribution in [3.63, 3.8) is 0 Å². The molecule has 4 amide bonds. The summed E-state index contributed by atoms with van der Waals surface area (Å²) in [5.74, 6) is -0.645. The number of nitrogens with one attached hydrogen (secondary N) is 1. The number of carbonyl (C=O) groups excluding carboxylic acids is 3. The van der Waals surface area contributed by atoms with Gasteiger partial charge in [0.05, 0.1) is 0 Å². The number of allylic oxidation sites excluding steroid dienone is 2. The van der Waals surface area contributed by atoms with E-state index < -0.39 is 17.5 Å². The van der Waals surface area contributed by atoms with Gasteiger partial charge in [-0.1, -0.05) is 34.1 Å². The number of halogens is 1. The monoisotopic (exact) mass is 419 g/mol. The summed E-state index contributed by atoms with van der Waals surface area (Å²) in [5, 5.41) is 2.74. The van der Waals surface area contributed by atoms with Crippen LogP contribution in [-0.4, -0.2) is 40.7 Å². The van der Waals surface area contributed by atoms with Crippen molar-refractivity contribution in [3.8, 4) is 0 Å². The van der Waals surface area contributed by atoms with Crippen LogP contribution in [0.2, 0.25) is 0 Å². The fourth-order valence-electron chi connectivity index (χ4n) is 3.49. The molecule has 1 saturated heterocycles. The van der Waals surface area contributed by atoms with Gasteiger partial charge in [0.15, 0.2) is 0 Å². The first-order chi connectivity index (χ1) is 12.4. The van der Waals surface area contributed by atoms with Crippen molar-refractivity contribution in [1.29, 1.82) is 0 Å². The summed E-state index contributed by atoms with van der Waals surface area (Å²) in [5.41, 5.74) is 0.482. The molecule has 3 rings (SSSR count). The number of amides is 4. The number of hydrogen-bond donors (Lipinski definition) is 1. The molecule has 26 heavy (non-hydrogen) atoms. The third kappa shape index (κ3) is 3.28. The summed E-state index contributed by atoms with van der Waals surface area (Å²) < 4.78 is 0.818. The number of rotatable bonds is 5. The Morgan fingerprint density at radius 1 is 1.38 bits per heavy atom. The minimum absolute atomic E-state index is 0.234. The molecular formula is C19H22BrN3O3. The summed E-state index contributed by atoms with van der Waals surface area (Å²) in [4.78, 5) is 40.8. The molecule has 1 atom stereocenters. The molecule has 1 aliphatic carbocycles. The molecule has 7 heteroatoms. The molecule has 0 spiro atoms. The van der Waals surface area contributed by atoms with E-state index in [0.29, 0.717) is 12.1 Å². The zero-order valence-corrected chi connectivity index (χ0v) is 16.5. The maximum absolute atomic E-state index is 13.0. The molecule has 0 bridgehead atoms. The van der Waals surface area contributed by atoms with Crippen LogP contribution < -0.4 is 5.32 Å². The third-order valence-corrected chi connectivity index (χ3v) is 5.44. The lowest BCUT2D eigenvalue weighted by atomic mass is 9.92. The first kappa shape index (κ1) is 18.6. The predicted octanol–water partition coefficient (Wildman–Crippen LogP) is 3.13. The summed E-state index contributed by atoms with van der Waals surface area (Å²) in [6.45, 7) is 3.84. The topological polar surface area (TPSA) is 69.7 Å². The number of hydrogen-bond acceptors (Lipinski definition) is 3. The highest BCUT2D eigenvalue weighted by Crippen LogP contribution is 2.30. The van der Waals surface area contributed by atoms with Gasteiger partial charge >= 0.3 is 6.03 Å². The van der Waals surface area contributed by atoms with E-state index in [4.69, 9.17) is 0 Å². The Morgan fingerprint density at radius 2 is 2.15 bits per heavy atom. The van der Waals surface area contributed by atoms with Gasteiger partial charge in [0.25, 0.3) is 5.91 Å². The van der Waals surface area contributed by atoms with Gasteiger partial charge in [-0.2, -0.15) is 0 Å². The van der Waals surface area contributed by atoms with Crippen molar-refractivity contribution < 1.29 is 14.4 Å². The molecule has 0 radical (unpaired) electrons. The number of benzene rings is 1. The van der Waals surface area contributed by atoms with Gasteiger partial charge in [0, 0.05) is 16.7 Å². The Bertz CT molecular complexity index is 792. The Kier molecular flexibility index (Phi) is 5.18. The van der Waals surface area contributed by atoms with Gasteiger partial charge in [-0.3, -0.25) is 14.5 Å². The summed E-state index contributed by atoms with van der Waals surface area (Å²) in [6, 6.07) is 6.70. The van der Waals surface area contributed by atoms with Crippen molar-refractivity contribution in [1.82, 2.24) is 15.1 Å². The lowest BCUT2D eigenvalue weighted by Gasteiger charge is -2.25. The van der Waals surface area contributed by atoms with E-state index in [0.717, 1.165) is 34.3 Å². The third-order valence-electron chi connectivity index (χ3n) is 4.95. The molecule has 0 aromatic heterocycles. The van der Waals surface area contributed by atoms with E-state index in [-0.39, 0.29) is 12.5 Å². The van der Waals surface area contributed by atoms with Gasteiger partial charge < -0.3 is 10.2 Å². The second kappa shape index (κ2) is 7.23. The highest BCUT2D eigenvalue weighted by molar-refractivity contribution is 9.10. The van der Waals surface area contributed by atoms with E-state index in [1.807, 2.05) is 19.1 Å². The molecule has 2 aliphatic rings. The zero-order valence-electron chi connectivity index (χ0n) is 14.9. The largest absolute Gasteiger partial charge is 0.325 e. The average molecular weight is 420 g/mol. The molecular weight excluding hydrogens is 398 g/mol. The smallest absolute Gasteiger partial charge is 0.319 e. The molecule has 1 heterocycles. The van der Waals surface area contributed by atoms with E-state index in [2.05, 4.69) is 27.3 Å². The van der Waals surface area contributed by atoms with E-state index >= 15 is 0 Å². The van der Waals surface area contributed by atoms with Crippen molar-refractivity contribution in [2.24, 2.45) is 0 Å². The minimum atomic E-state index is -1.18. The van der Waals surface area contributed by atoms with Crippen molar-refractivity contribution in [2.45, 2.75) is 38.6 Å². The van der Waals surface area contributed by atoms with Crippen LogP contribution in [0.1, 0.15) is 38.7 Å². The van der Waals surface area contributed by atoms with Gasteiger partial charge in [0.1, 0.15) is 12.1 Å². The zero-order chi connectivity index (χ0) is 18.9. The second-order valence-corrected chi connectivity index (χ2v) is 7.60. The second-order valence-electron chi connectivity index (χ2n) is 6.68. The molecule has 1 unspecified atom stereocenters. The lowest BCUT2D eigenvalue weighted by molar-refractivity contribution is -0.137. The van der Waals surface area contributed by atoms with Crippen LogP contribution in [0.15, 0.2) is 40.5 Å². The first-order valence-corrected chi connectivity index (χ1v) is 9.55. The van der Waals surface area contributed by atoms with Crippen molar-refractivity contribution >= 4 is 33.8 Å². The number of likely N-dealkylation sites (N-methyl/N-ethyl adjacent to an activating group) is 1. The highest BCUT2D eigenvalue weighted by Gasteiger charge is 2.49. The highest BCUT2D eigenvalue weighted by atomic mass is 79.9. The van der Waals surface area contributed by atoms with Crippen LogP contribution in [0, 0.1) is 0 Å². The summed E-state index contributed by atoms with van der Waals surface area (Å²) >= 11 is 3.39. The van der Waals surface area contributed by atoms with Crippen molar-refractivity contribution in [2.75, 3.05) is 13.1 Å². The minimum Gasteiger partial charge on any atom is -0.319 e. The quantitative estimate of drug-likeness (QED) is 0.745. The molecule has 138 valence electrons. The maximum atomic E-state index is 13.0. The maximum Gasteiger partial charge on any atom is 0.325 e. The van der Waals surface area contributed by atoms with Gasteiger partial charge in [-0.25, -0.2) is 4.79 Å². The van der Waals surface area contributed by atoms with Crippen molar-refractivity contribution in [3.05, 3.63) is 46.1 Å². The van der Waals surface area contributed by atoms with E-state index in [1.54, 1.807) is 24.0 Å². The fraction of sp³-hybridized carbons (Fsp3) is 0.421. The average Bonchev–Trinajstić information content (AvgIpc) is 3.20. The molecule has 0 saturated carbocycles. The van der Waals surface area contributed by atoms with Gasteiger partial charge in [-0.05, 0) is 50.8 Å². The Balaban J connectivity index is 1.80. The van der Waals surface area contributed by atoms with Crippen LogP contribution in [0.4, 0.5) is 4.79 Å². The lowest BCUT2D eigenvalue weighted by Crippen LogP contribution is -2.44. The molecule has 1 aromatic carbocycles. The van der Waals surface area contributed by atoms with E-state index in [9.17, 15) is 14.4 Å². The Hall–Kier alpha value is -2.15. The summed E-state index contributed by atoms with van der Waals surface area (Å²) in [6.07, 6.45) is 4.90. The molecule has 6 nitrogen and oxygen atoms in total. The Labute approximate surface area is 161 Å². The number of imide groups is 1. The SMILES string of the molecule is CCN(C(=O)CN1C(=O)NC(C)(c2cccc(Br)c2)C1=O)C1=CCCC1. The molecule has 1 fully saturated rings. The number of nitrogens with zero attached hydrogens (tertiary/aromatic N) is 2. The normalized spacial score (nSPS) is 22.4. The standard InChI is InChI=1S/C19H22BrN3O3/c1-3-22(15-9-4-5-10-15)16(24)12-23-17(25)19(2,21-18(23)26)13-7-6-8-14(20)11-13/h6-9,11H,3-5,10,12H2,1-2H3,(H,21,26). The predicted molar refractivity (Wildman–Crippen MR) is 101 cm³/mol. The van der Waals surface area contributed by atoms with Crippen LogP contribution >= 0.6 is 15.9 Å². The Morgan fingerprint density at radius 3 is 2.77 bits per heavy atom. The van der Waals surface area contributed by atoms with Gasteiger partial charge in [0.2, 0.25) is 5.91 Å². The fourth-order valence-corrected chi connectivity index (χ4v) is 3.89. The number of carbonyl (C=O) groups is 3. The van der Waals surface area contributed by atoms with E-state index in [1.165, 1.54) is 0 Å². The van der Waals surface area contributed by atoms with Gasteiger partial charge in [-0.15, -0.1) is 0 Å². The van der Waals surface area contributed by atoms with Crippen LogP contribution in [-0.2, 0) is 15.1 Å². The van der Waals surface area contributed by atoms with Crippen LogP contribution in [0.5, 0.6) is 0 Å². The molecule has 1 aromatic rings. The first-order valence-electron chi connectivity index (χ1n) is 8.76. The molecule has 1 aliphatic heterocycles. The van der Waals surface area contributed by atoms with Crippen LogP contribution in [0.25, 0.3) is 0 Å². The number of urea groups is 1.